The number of benzene rings is 2. The smallest absolute Gasteiger partial charge is 0.182 e. The monoisotopic (exact) mass is 426 g/mol. The summed E-state index contributed by atoms with van der Waals surface area (Å²) in [4.78, 5) is 21.9. The highest BCUT2D eigenvalue weighted by Gasteiger charge is 2.14. The first kappa shape index (κ1) is 19.6. The number of fused-ring (bicyclic) bond motifs is 1. The molecule has 3 heterocycles. The Kier molecular flexibility index (Phi) is 5.17. The molecular formula is C24H16F2N6. The number of nitrogens with one attached hydrogen (secondary N) is 1. The zero-order chi connectivity index (χ0) is 21.9. The number of hydrogen-bond donors (Lipinski definition) is 1. The lowest BCUT2D eigenvalue weighted by atomic mass is 10.0. The quantitative estimate of drug-likeness (QED) is 0.424. The Morgan fingerprint density at radius 1 is 0.844 bits per heavy atom. The molecule has 6 nitrogen and oxygen atoms in total. The Morgan fingerprint density at radius 2 is 1.78 bits per heavy atom. The molecule has 5 rings (SSSR count). The Bertz CT molecular complexity index is 1390. The van der Waals surface area contributed by atoms with Crippen molar-refractivity contribution in [3.63, 3.8) is 0 Å². The maximum atomic E-state index is 14.4. The molecule has 32 heavy (non-hydrogen) atoms. The third kappa shape index (κ3) is 3.98. The van der Waals surface area contributed by atoms with Gasteiger partial charge in [0.05, 0.1) is 24.0 Å². The van der Waals surface area contributed by atoms with Crippen LogP contribution in [0.25, 0.3) is 33.5 Å². The fraction of sp³-hybridized carbons (Fsp3) is 0.0417. The van der Waals surface area contributed by atoms with E-state index >= 15 is 0 Å². The first-order chi connectivity index (χ1) is 15.7. The predicted molar refractivity (Wildman–Crippen MR) is 117 cm³/mol. The van der Waals surface area contributed by atoms with E-state index < -0.39 is 11.6 Å². The SMILES string of the molecule is Fc1ccc(F)c(-c2ccc3c(NCc4ccccn4)nc(-c4cnccn4)nc3c2)c1. The maximum Gasteiger partial charge on any atom is 0.182 e. The molecule has 0 bridgehead atoms. The molecule has 0 fully saturated rings. The number of hydrogen-bond acceptors (Lipinski definition) is 6. The number of nitrogens with zero attached hydrogens (tertiary/aromatic N) is 5. The molecule has 0 radical (unpaired) electrons. The Labute approximate surface area is 182 Å². The lowest BCUT2D eigenvalue weighted by molar-refractivity contribution is 0.603. The van der Waals surface area contributed by atoms with Crippen LogP contribution in [-0.2, 0) is 6.54 Å². The average Bonchev–Trinajstić information content (AvgIpc) is 2.84. The Morgan fingerprint density at radius 3 is 2.59 bits per heavy atom. The van der Waals surface area contributed by atoms with Gasteiger partial charge in [-0.2, -0.15) is 0 Å². The molecule has 0 unspecified atom stereocenters. The molecule has 156 valence electrons. The first-order valence-corrected chi connectivity index (χ1v) is 9.85. The summed E-state index contributed by atoms with van der Waals surface area (Å²) in [5.74, 6) is -0.0804. The second-order valence-corrected chi connectivity index (χ2v) is 7.02. The first-order valence-electron chi connectivity index (χ1n) is 9.85. The molecule has 0 aliphatic carbocycles. The summed E-state index contributed by atoms with van der Waals surface area (Å²) < 4.78 is 28.1. The van der Waals surface area contributed by atoms with Crippen LogP contribution in [0.5, 0.6) is 0 Å². The second-order valence-electron chi connectivity index (χ2n) is 7.02. The van der Waals surface area contributed by atoms with E-state index in [0.29, 0.717) is 35.0 Å². The van der Waals surface area contributed by atoms with Crippen LogP contribution < -0.4 is 5.32 Å². The summed E-state index contributed by atoms with van der Waals surface area (Å²) in [5, 5.41) is 4.03. The van der Waals surface area contributed by atoms with Crippen LogP contribution in [0.3, 0.4) is 0 Å². The van der Waals surface area contributed by atoms with Crippen LogP contribution in [0.2, 0.25) is 0 Å². The molecule has 0 amide bonds. The molecule has 2 aromatic carbocycles. The molecule has 0 spiro atoms. The normalized spacial score (nSPS) is 10.9. The zero-order valence-electron chi connectivity index (χ0n) is 16.7. The Hall–Kier alpha value is -4.33. The van der Waals surface area contributed by atoms with Crippen molar-refractivity contribution < 1.29 is 8.78 Å². The minimum Gasteiger partial charge on any atom is -0.364 e. The van der Waals surface area contributed by atoms with E-state index in [1.165, 1.54) is 6.07 Å². The van der Waals surface area contributed by atoms with E-state index in [0.717, 1.165) is 23.2 Å². The number of anilines is 1. The molecule has 8 heteroatoms. The topological polar surface area (TPSA) is 76.5 Å². The number of pyridine rings is 1. The number of aromatic nitrogens is 5. The van der Waals surface area contributed by atoms with E-state index in [1.54, 1.807) is 43.0 Å². The summed E-state index contributed by atoms with van der Waals surface area (Å²) in [6, 6.07) is 14.3. The summed E-state index contributed by atoms with van der Waals surface area (Å²) in [5.41, 5.74) is 2.57. The third-order valence-electron chi connectivity index (χ3n) is 4.89. The standard InChI is InChI=1S/C24H16F2N6/c25-16-5-7-20(26)19(12-16)15-4-6-18-21(11-15)31-24(22-14-27-9-10-29-22)32-23(18)30-13-17-3-1-2-8-28-17/h1-12,14H,13H2,(H,30,31,32). The molecule has 5 aromatic rings. The fourth-order valence-corrected chi connectivity index (χ4v) is 3.36. The van der Waals surface area contributed by atoms with E-state index in [9.17, 15) is 8.78 Å². The highest BCUT2D eigenvalue weighted by atomic mass is 19.1. The molecule has 0 aliphatic rings. The van der Waals surface area contributed by atoms with Crippen LogP contribution in [0.1, 0.15) is 5.69 Å². The second kappa shape index (κ2) is 8.43. The van der Waals surface area contributed by atoms with E-state index in [4.69, 9.17) is 0 Å². The van der Waals surface area contributed by atoms with Gasteiger partial charge in [-0.15, -0.1) is 0 Å². The van der Waals surface area contributed by atoms with Crippen LogP contribution in [0, 0.1) is 11.6 Å². The highest BCUT2D eigenvalue weighted by molar-refractivity contribution is 5.93. The molecule has 0 atom stereocenters. The van der Waals surface area contributed by atoms with Gasteiger partial charge in [-0.05, 0) is 48.0 Å². The summed E-state index contributed by atoms with van der Waals surface area (Å²) in [7, 11) is 0. The number of halogens is 2. The minimum absolute atomic E-state index is 0.162. The van der Waals surface area contributed by atoms with Crippen LogP contribution in [0.15, 0.2) is 79.4 Å². The van der Waals surface area contributed by atoms with Crippen LogP contribution in [0.4, 0.5) is 14.6 Å². The highest BCUT2D eigenvalue weighted by Crippen LogP contribution is 2.30. The van der Waals surface area contributed by atoms with Gasteiger partial charge >= 0.3 is 0 Å². The summed E-state index contributed by atoms with van der Waals surface area (Å²) in [6.07, 6.45) is 6.41. The van der Waals surface area contributed by atoms with Gasteiger partial charge in [0.1, 0.15) is 23.1 Å². The molecule has 0 saturated carbocycles. The van der Waals surface area contributed by atoms with E-state index in [2.05, 4.69) is 30.2 Å². The van der Waals surface area contributed by atoms with Gasteiger partial charge in [0.15, 0.2) is 5.82 Å². The predicted octanol–water partition coefficient (Wildman–Crippen LogP) is 5.04. The van der Waals surface area contributed by atoms with Crippen molar-refractivity contribution in [2.75, 3.05) is 5.32 Å². The molecule has 1 N–H and O–H groups in total. The van der Waals surface area contributed by atoms with E-state index in [1.807, 2.05) is 18.2 Å². The third-order valence-corrected chi connectivity index (χ3v) is 4.89. The van der Waals surface area contributed by atoms with Crippen molar-refractivity contribution in [1.82, 2.24) is 24.9 Å². The summed E-state index contributed by atoms with van der Waals surface area (Å²) >= 11 is 0. The number of rotatable bonds is 5. The van der Waals surface area contributed by atoms with Gasteiger partial charge in [-0.3, -0.25) is 9.97 Å². The molecule has 0 saturated heterocycles. The van der Waals surface area contributed by atoms with Gasteiger partial charge < -0.3 is 5.32 Å². The van der Waals surface area contributed by atoms with Crippen molar-refractivity contribution in [2.24, 2.45) is 0 Å². The molecule has 0 aliphatic heterocycles. The van der Waals surface area contributed by atoms with Crippen molar-refractivity contribution in [3.05, 3.63) is 96.7 Å². The Balaban J connectivity index is 1.63. The molecular weight excluding hydrogens is 410 g/mol. The van der Waals surface area contributed by atoms with Crippen molar-refractivity contribution in [1.29, 1.82) is 0 Å². The van der Waals surface area contributed by atoms with Gasteiger partial charge in [0, 0.05) is 29.5 Å². The van der Waals surface area contributed by atoms with E-state index in [-0.39, 0.29) is 5.56 Å². The van der Waals surface area contributed by atoms with Gasteiger partial charge in [0.25, 0.3) is 0 Å². The van der Waals surface area contributed by atoms with Gasteiger partial charge in [-0.25, -0.2) is 23.7 Å². The van der Waals surface area contributed by atoms with Crippen LogP contribution >= 0.6 is 0 Å². The van der Waals surface area contributed by atoms with Crippen molar-refractivity contribution in [2.45, 2.75) is 6.54 Å². The van der Waals surface area contributed by atoms with Gasteiger partial charge in [0.2, 0.25) is 0 Å². The lowest BCUT2D eigenvalue weighted by Crippen LogP contribution is -2.06. The largest absolute Gasteiger partial charge is 0.364 e. The van der Waals surface area contributed by atoms with Gasteiger partial charge in [-0.1, -0.05) is 12.1 Å². The maximum absolute atomic E-state index is 14.4. The average molecular weight is 426 g/mol. The zero-order valence-corrected chi connectivity index (χ0v) is 16.7. The van der Waals surface area contributed by atoms with Crippen molar-refractivity contribution >= 4 is 16.7 Å². The van der Waals surface area contributed by atoms with Crippen molar-refractivity contribution in [3.8, 4) is 22.6 Å². The molecule has 3 aromatic heterocycles. The minimum atomic E-state index is -0.512. The van der Waals surface area contributed by atoms with Crippen LogP contribution in [-0.4, -0.2) is 24.9 Å². The fourth-order valence-electron chi connectivity index (χ4n) is 3.36. The summed E-state index contributed by atoms with van der Waals surface area (Å²) in [6.45, 7) is 0.452. The lowest BCUT2D eigenvalue weighted by Gasteiger charge is -2.12.